The number of anilines is 1. The normalized spacial score (nSPS) is 16.0. The summed E-state index contributed by atoms with van der Waals surface area (Å²) in [5.74, 6) is 1.25. The molecule has 0 spiro atoms. The Balaban J connectivity index is 1.28. The Morgan fingerprint density at radius 1 is 1.23 bits per heavy atom. The Kier molecular flexibility index (Phi) is 5.34. The molecule has 1 aliphatic rings. The minimum Gasteiger partial charge on any atom is -0.489 e. The largest absolute Gasteiger partial charge is 0.489 e. The van der Waals surface area contributed by atoms with Gasteiger partial charge in [-0.2, -0.15) is 0 Å². The van der Waals surface area contributed by atoms with Gasteiger partial charge in [-0.25, -0.2) is 4.39 Å². The second kappa shape index (κ2) is 8.43. The van der Waals surface area contributed by atoms with Crippen molar-refractivity contribution in [2.45, 2.75) is 6.61 Å². The van der Waals surface area contributed by atoms with Crippen molar-refractivity contribution in [3.63, 3.8) is 0 Å². The van der Waals surface area contributed by atoms with Crippen LogP contribution in [-0.4, -0.2) is 28.0 Å². The molecule has 1 atom stereocenters. The number of benzene rings is 2. The van der Waals surface area contributed by atoms with Crippen LogP contribution in [0, 0.1) is 11.7 Å². The molecule has 1 saturated heterocycles. The van der Waals surface area contributed by atoms with Gasteiger partial charge < -0.3 is 14.0 Å². The molecule has 1 aliphatic heterocycles. The summed E-state index contributed by atoms with van der Waals surface area (Å²) in [6, 6.07) is 15.8. The molecular formula is C24H20FN3O2S. The van der Waals surface area contributed by atoms with E-state index in [0.717, 1.165) is 27.9 Å². The number of carbonyl (C=O) groups is 1. The summed E-state index contributed by atoms with van der Waals surface area (Å²) in [5.41, 5.74) is 3.47. The maximum atomic E-state index is 13.2. The van der Waals surface area contributed by atoms with Gasteiger partial charge in [0.05, 0.1) is 17.8 Å². The number of ketones is 1. The highest BCUT2D eigenvalue weighted by molar-refractivity contribution is 8.00. The van der Waals surface area contributed by atoms with E-state index < -0.39 is 0 Å². The van der Waals surface area contributed by atoms with Crippen LogP contribution in [0.25, 0.3) is 10.9 Å². The molecule has 0 radical (unpaired) electrons. The van der Waals surface area contributed by atoms with E-state index in [1.165, 1.54) is 12.1 Å². The number of fused-ring (bicyclic) bond motifs is 1. The number of aromatic amines is 1. The predicted molar refractivity (Wildman–Crippen MR) is 121 cm³/mol. The minimum atomic E-state index is -0.266. The number of aromatic nitrogens is 2. The molecule has 3 heterocycles. The van der Waals surface area contributed by atoms with Gasteiger partial charge in [-0.15, -0.1) is 0 Å². The van der Waals surface area contributed by atoms with E-state index in [1.54, 1.807) is 36.5 Å². The number of rotatable bonds is 6. The van der Waals surface area contributed by atoms with Crippen molar-refractivity contribution in [1.29, 1.82) is 0 Å². The first-order valence-corrected chi connectivity index (χ1v) is 10.9. The van der Waals surface area contributed by atoms with Crippen molar-refractivity contribution in [2.75, 3.05) is 16.6 Å². The fourth-order valence-corrected chi connectivity index (χ4v) is 4.85. The minimum absolute atomic E-state index is 0.0707. The van der Waals surface area contributed by atoms with E-state index in [2.05, 4.69) is 14.3 Å². The van der Waals surface area contributed by atoms with Crippen molar-refractivity contribution in [3.05, 3.63) is 90.1 Å². The SMILES string of the molecule is O=C(c1c[nH]c2cc(OCc3ccc(F)cc3)ccc12)C1CSN(c2cccnc2)C1. The number of ether oxygens (including phenoxy) is 1. The standard InChI is InChI=1S/C24H20FN3O2S/c25-18-5-3-16(4-6-18)14-30-20-7-8-21-22(12-27-23(21)10-20)24(29)17-13-28(31-15-17)19-2-1-9-26-11-19/h1-12,17,27H,13-15H2. The van der Waals surface area contributed by atoms with E-state index in [0.29, 0.717) is 24.5 Å². The molecule has 2 aromatic heterocycles. The van der Waals surface area contributed by atoms with Crippen LogP contribution >= 0.6 is 11.9 Å². The molecule has 0 amide bonds. The van der Waals surface area contributed by atoms with Crippen molar-refractivity contribution in [1.82, 2.24) is 9.97 Å². The Bertz CT molecular complexity index is 1210. The van der Waals surface area contributed by atoms with Crippen LogP contribution in [0.15, 0.2) is 73.2 Å². The zero-order valence-electron chi connectivity index (χ0n) is 16.6. The van der Waals surface area contributed by atoms with Crippen LogP contribution in [0.1, 0.15) is 15.9 Å². The van der Waals surface area contributed by atoms with Gasteiger partial charge in [0, 0.05) is 47.2 Å². The molecular weight excluding hydrogens is 413 g/mol. The topological polar surface area (TPSA) is 58.2 Å². The Morgan fingerprint density at radius 2 is 2.10 bits per heavy atom. The van der Waals surface area contributed by atoms with Crippen LogP contribution in [0.3, 0.4) is 0 Å². The third-order valence-corrected chi connectivity index (χ3v) is 6.58. The molecule has 1 fully saturated rings. The quantitative estimate of drug-likeness (QED) is 0.333. The Labute approximate surface area is 183 Å². The van der Waals surface area contributed by atoms with E-state index in [-0.39, 0.29) is 17.5 Å². The molecule has 0 aliphatic carbocycles. The molecule has 7 heteroatoms. The highest BCUT2D eigenvalue weighted by Crippen LogP contribution is 2.34. The monoisotopic (exact) mass is 433 g/mol. The van der Waals surface area contributed by atoms with Gasteiger partial charge >= 0.3 is 0 Å². The van der Waals surface area contributed by atoms with Gasteiger partial charge in [-0.1, -0.05) is 12.1 Å². The molecule has 5 rings (SSSR count). The number of hydrogen-bond acceptors (Lipinski definition) is 5. The Morgan fingerprint density at radius 3 is 2.90 bits per heavy atom. The van der Waals surface area contributed by atoms with Crippen molar-refractivity contribution in [3.8, 4) is 5.75 Å². The number of H-pyrrole nitrogens is 1. The molecule has 2 aromatic carbocycles. The number of hydrogen-bond donors (Lipinski definition) is 1. The molecule has 4 aromatic rings. The predicted octanol–water partition coefficient (Wildman–Crippen LogP) is 5.25. The number of nitrogens with zero attached hydrogens (tertiary/aromatic N) is 2. The molecule has 5 nitrogen and oxygen atoms in total. The fourth-order valence-electron chi connectivity index (χ4n) is 3.69. The van der Waals surface area contributed by atoms with Gasteiger partial charge in [-0.05, 0) is 53.9 Å². The van der Waals surface area contributed by atoms with E-state index in [4.69, 9.17) is 4.74 Å². The zero-order chi connectivity index (χ0) is 21.2. The fraction of sp³-hybridized carbons (Fsp3) is 0.167. The lowest BCUT2D eigenvalue weighted by Crippen LogP contribution is -2.21. The first-order chi connectivity index (χ1) is 15.2. The molecule has 156 valence electrons. The van der Waals surface area contributed by atoms with Crippen molar-refractivity contribution in [2.24, 2.45) is 5.92 Å². The smallest absolute Gasteiger partial charge is 0.170 e. The lowest BCUT2D eigenvalue weighted by atomic mass is 9.98. The summed E-state index contributed by atoms with van der Waals surface area (Å²) in [4.78, 5) is 20.5. The van der Waals surface area contributed by atoms with Crippen LogP contribution in [0.5, 0.6) is 5.75 Å². The molecule has 0 bridgehead atoms. The Hall–Kier alpha value is -3.32. The summed E-state index contributed by atoms with van der Waals surface area (Å²) in [6.45, 7) is 1.02. The molecule has 1 N–H and O–H groups in total. The van der Waals surface area contributed by atoms with Gasteiger partial charge in [0.2, 0.25) is 0 Å². The lowest BCUT2D eigenvalue weighted by Gasteiger charge is -2.15. The van der Waals surface area contributed by atoms with Crippen molar-refractivity contribution >= 4 is 34.3 Å². The van der Waals surface area contributed by atoms with Crippen LogP contribution < -0.4 is 9.04 Å². The maximum Gasteiger partial charge on any atom is 0.170 e. The van der Waals surface area contributed by atoms with Gasteiger partial charge in [0.25, 0.3) is 0 Å². The zero-order valence-corrected chi connectivity index (χ0v) is 17.4. The molecule has 1 unspecified atom stereocenters. The van der Waals surface area contributed by atoms with Gasteiger partial charge in [0.15, 0.2) is 5.78 Å². The van der Waals surface area contributed by atoms with Crippen LogP contribution in [-0.2, 0) is 6.61 Å². The number of pyridine rings is 1. The number of halogens is 1. The number of Topliss-reactive ketones (excluding diaryl/α,β-unsaturated/α-hetero) is 1. The van der Waals surface area contributed by atoms with Crippen LogP contribution in [0.4, 0.5) is 10.1 Å². The average molecular weight is 434 g/mol. The first-order valence-electron chi connectivity index (χ1n) is 10.0. The highest BCUT2D eigenvalue weighted by Gasteiger charge is 2.31. The lowest BCUT2D eigenvalue weighted by molar-refractivity contribution is 0.0942. The first kappa shape index (κ1) is 19.6. The second-order valence-electron chi connectivity index (χ2n) is 7.45. The third kappa shape index (κ3) is 4.14. The summed E-state index contributed by atoms with van der Waals surface area (Å²) in [5, 5.41) is 0.893. The molecule has 31 heavy (non-hydrogen) atoms. The molecule has 0 saturated carbocycles. The summed E-state index contributed by atoms with van der Waals surface area (Å²) >= 11 is 1.66. The summed E-state index contributed by atoms with van der Waals surface area (Å²) < 4.78 is 21.0. The van der Waals surface area contributed by atoms with E-state index in [1.807, 2.05) is 36.5 Å². The van der Waals surface area contributed by atoms with Gasteiger partial charge in [0.1, 0.15) is 18.2 Å². The van der Waals surface area contributed by atoms with Crippen LogP contribution in [0.2, 0.25) is 0 Å². The third-order valence-electron chi connectivity index (χ3n) is 5.36. The number of carbonyl (C=O) groups excluding carboxylic acids is 1. The van der Waals surface area contributed by atoms with Gasteiger partial charge in [-0.3, -0.25) is 9.78 Å². The highest BCUT2D eigenvalue weighted by atomic mass is 32.2. The van der Waals surface area contributed by atoms with Crippen molar-refractivity contribution < 1.29 is 13.9 Å². The summed E-state index contributed by atoms with van der Waals surface area (Å²) in [6.07, 6.45) is 5.35. The second-order valence-corrected chi connectivity index (χ2v) is 8.49. The van der Waals surface area contributed by atoms with E-state index in [9.17, 15) is 9.18 Å². The maximum absolute atomic E-state index is 13.2. The summed E-state index contributed by atoms with van der Waals surface area (Å²) in [7, 11) is 0. The number of nitrogens with one attached hydrogen (secondary N) is 1. The average Bonchev–Trinajstić information content (AvgIpc) is 3.46. The van der Waals surface area contributed by atoms with E-state index >= 15 is 0 Å².